The number of nitrogens with zero attached hydrogens (tertiary/aromatic N) is 1. The molecule has 0 saturated carbocycles. The monoisotopic (exact) mass is 291 g/mol. The fourth-order valence-corrected chi connectivity index (χ4v) is 1.73. The molecule has 3 N–H and O–H groups in total. The summed E-state index contributed by atoms with van der Waals surface area (Å²) in [6.45, 7) is 1.71. The number of ether oxygens (including phenoxy) is 1. The first-order valence-electron chi connectivity index (χ1n) is 5.73. The molecule has 2 rings (SSSR count). The maximum absolute atomic E-state index is 12.0. The van der Waals surface area contributed by atoms with Crippen molar-refractivity contribution < 1.29 is 14.1 Å². The Morgan fingerprint density at radius 2 is 2.20 bits per heavy atom. The number of benzene rings is 1. The third kappa shape index (κ3) is 2.94. The molecule has 0 saturated heterocycles. The van der Waals surface area contributed by atoms with Gasteiger partial charge in [0.05, 0.1) is 12.8 Å². The minimum atomic E-state index is -0.386. The lowest BCUT2D eigenvalue weighted by Gasteiger charge is -2.10. The van der Waals surface area contributed by atoms with E-state index in [1.54, 1.807) is 31.2 Å². The van der Waals surface area contributed by atoms with Crippen LogP contribution in [0.4, 0.5) is 5.69 Å². The van der Waals surface area contributed by atoms with Crippen LogP contribution in [0.1, 0.15) is 21.8 Å². The second-order valence-corrected chi connectivity index (χ2v) is 4.50. The number of hydrogen-bond acceptors (Lipinski definition) is 5. The van der Waals surface area contributed by atoms with Crippen LogP contribution in [-0.2, 0) is 0 Å². The van der Waals surface area contributed by atoms with E-state index in [9.17, 15) is 4.79 Å². The van der Waals surface area contributed by atoms with Gasteiger partial charge in [-0.05, 0) is 25.1 Å². The van der Waals surface area contributed by atoms with Crippen molar-refractivity contribution in [2.75, 3.05) is 12.4 Å². The van der Waals surface area contributed by atoms with Crippen LogP contribution in [0.25, 0.3) is 0 Å². The number of methoxy groups -OCH3 is 1. The summed E-state index contributed by atoms with van der Waals surface area (Å²) in [5.74, 6) is 0.637. The van der Waals surface area contributed by atoms with Crippen LogP contribution in [-0.4, -0.2) is 23.2 Å². The summed E-state index contributed by atoms with van der Waals surface area (Å²) in [6.07, 6.45) is 0. The van der Waals surface area contributed by atoms with E-state index in [0.717, 1.165) is 0 Å². The van der Waals surface area contributed by atoms with Gasteiger partial charge in [-0.3, -0.25) is 4.79 Å². The number of aromatic nitrogens is 1. The van der Waals surface area contributed by atoms with Crippen molar-refractivity contribution in [3.63, 3.8) is 0 Å². The lowest BCUT2D eigenvalue weighted by Crippen LogP contribution is -2.14. The molecule has 0 aliphatic heterocycles. The van der Waals surface area contributed by atoms with Crippen molar-refractivity contribution >= 4 is 28.8 Å². The van der Waals surface area contributed by atoms with Gasteiger partial charge in [0.25, 0.3) is 5.91 Å². The Labute approximate surface area is 120 Å². The van der Waals surface area contributed by atoms with Gasteiger partial charge < -0.3 is 20.3 Å². The van der Waals surface area contributed by atoms with Gasteiger partial charge in [-0.1, -0.05) is 17.4 Å². The Morgan fingerprint density at radius 1 is 1.45 bits per heavy atom. The van der Waals surface area contributed by atoms with Crippen LogP contribution in [0.2, 0.25) is 0 Å². The van der Waals surface area contributed by atoms with Gasteiger partial charge in [0.2, 0.25) is 0 Å². The average molecular weight is 291 g/mol. The summed E-state index contributed by atoms with van der Waals surface area (Å²) in [5.41, 5.74) is 6.90. The van der Waals surface area contributed by atoms with Crippen LogP contribution in [0.5, 0.6) is 5.75 Å². The molecule has 104 valence electrons. The molecule has 0 unspecified atom stereocenters. The van der Waals surface area contributed by atoms with Crippen LogP contribution in [0.3, 0.4) is 0 Å². The summed E-state index contributed by atoms with van der Waals surface area (Å²) in [5, 5.41) is 6.33. The number of aryl methyl sites for hydroxylation is 1. The van der Waals surface area contributed by atoms with Gasteiger partial charge in [-0.2, -0.15) is 0 Å². The van der Waals surface area contributed by atoms with Crippen molar-refractivity contribution in [2.24, 2.45) is 5.73 Å². The van der Waals surface area contributed by atoms with Gasteiger partial charge in [0.1, 0.15) is 16.5 Å². The molecule has 0 aliphatic rings. The Balaban J connectivity index is 2.25. The number of hydrogen-bond donors (Lipinski definition) is 2. The Hall–Kier alpha value is -2.41. The predicted molar refractivity (Wildman–Crippen MR) is 78.1 cm³/mol. The summed E-state index contributed by atoms with van der Waals surface area (Å²) in [6, 6.07) is 6.57. The SMILES string of the molecule is COc1cc(C(N)=S)ccc1NC(=O)c1cc(C)on1. The Bertz CT molecular complexity index is 667. The van der Waals surface area contributed by atoms with Crippen molar-refractivity contribution in [2.45, 2.75) is 6.92 Å². The standard InChI is InChI=1S/C13H13N3O3S/c1-7-5-10(16-19-7)13(17)15-9-4-3-8(12(14)20)6-11(9)18-2/h3-6H,1-2H3,(H2,14,20)(H,15,17). The fourth-order valence-electron chi connectivity index (χ4n) is 1.61. The number of nitrogens with two attached hydrogens (primary N) is 1. The van der Waals surface area contributed by atoms with Crippen molar-refractivity contribution in [1.82, 2.24) is 5.16 Å². The van der Waals surface area contributed by atoms with Gasteiger partial charge >= 0.3 is 0 Å². The number of rotatable bonds is 4. The molecule has 2 aromatic rings. The lowest BCUT2D eigenvalue weighted by atomic mass is 10.2. The number of carbonyl (C=O) groups excluding carboxylic acids is 1. The summed E-state index contributed by atoms with van der Waals surface area (Å²) in [7, 11) is 1.49. The molecular formula is C13H13N3O3S. The minimum Gasteiger partial charge on any atom is -0.495 e. The molecule has 1 heterocycles. The zero-order valence-electron chi connectivity index (χ0n) is 11.0. The van der Waals surface area contributed by atoms with Crippen LogP contribution >= 0.6 is 12.2 Å². The van der Waals surface area contributed by atoms with E-state index in [4.69, 9.17) is 27.2 Å². The molecule has 0 atom stereocenters. The topological polar surface area (TPSA) is 90.4 Å². The number of nitrogens with one attached hydrogen (secondary N) is 1. The number of anilines is 1. The van der Waals surface area contributed by atoms with E-state index < -0.39 is 0 Å². The third-order valence-electron chi connectivity index (χ3n) is 2.59. The van der Waals surface area contributed by atoms with Crippen LogP contribution in [0, 0.1) is 6.92 Å². The van der Waals surface area contributed by atoms with Gasteiger partial charge in [-0.15, -0.1) is 0 Å². The molecule has 1 aromatic carbocycles. The summed E-state index contributed by atoms with van der Waals surface area (Å²) >= 11 is 4.89. The Morgan fingerprint density at radius 3 is 2.75 bits per heavy atom. The molecular weight excluding hydrogens is 278 g/mol. The zero-order chi connectivity index (χ0) is 14.7. The van der Waals surface area contributed by atoms with E-state index in [2.05, 4.69) is 10.5 Å². The van der Waals surface area contributed by atoms with Crippen molar-refractivity contribution in [3.8, 4) is 5.75 Å². The fraction of sp³-hybridized carbons (Fsp3) is 0.154. The van der Waals surface area contributed by atoms with E-state index in [-0.39, 0.29) is 16.6 Å². The molecule has 0 fully saturated rings. The normalized spacial score (nSPS) is 10.1. The number of carbonyl (C=O) groups is 1. The quantitative estimate of drug-likeness (QED) is 0.836. The maximum atomic E-state index is 12.0. The number of thiocarbonyl (C=S) groups is 1. The highest BCUT2D eigenvalue weighted by atomic mass is 32.1. The van der Waals surface area contributed by atoms with E-state index in [1.807, 2.05) is 0 Å². The molecule has 0 aliphatic carbocycles. The number of amides is 1. The average Bonchev–Trinajstić information content (AvgIpc) is 2.85. The highest BCUT2D eigenvalue weighted by molar-refractivity contribution is 7.80. The van der Waals surface area contributed by atoms with E-state index >= 15 is 0 Å². The first-order valence-corrected chi connectivity index (χ1v) is 6.14. The van der Waals surface area contributed by atoms with Gasteiger partial charge in [0.15, 0.2) is 5.69 Å². The minimum absolute atomic E-state index is 0.197. The zero-order valence-corrected chi connectivity index (χ0v) is 11.8. The molecule has 20 heavy (non-hydrogen) atoms. The molecule has 0 radical (unpaired) electrons. The van der Waals surface area contributed by atoms with Crippen LogP contribution < -0.4 is 15.8 Å². The van der Waals surface area contributed by atoms with Crippen LogP contribution in [0.15, 0.2) is 28.8 Å². The molecule has 0 spiro atoms. The first kappa shape index (κ1) is 14.0. The largest absolute Gasteiger partial charge is 0.495 e. The molecule has 1 amide bonds. The van der Waals surface area contributed by atoms with Gasteiger partial charge in [-0.25, -0.2) is 0 Å². The smallest absolute Gasteiger partial charge is 0.277 e. The maximum Gasteiger partial charge on any atom is 0.277 e. The lowest BCUT2D eigenvalue weighted by molar-refractivity contribution is 0.101. The highest BCUT2D eigenvalue weighted by Gasteiger charge is 2.14. The molecule has 0 bridgehead atoms. The third-order valence-corrected chi connectivity index (χ3v) is 2.83. The van der Waals surface area contributed by atoms with Crippen molar-refractivity contribution in [3.05, 3.63) is 41.3 Å². The van der Waals surface area contributed by atoms with E-state index in [1.165, 1.54) is 7.11 Å². The Kier molecular flexibility index (Phi) is 3.99. The van der Waals surface area contributed by atoms with Crippen molar-refractivity contribution in [1.29, 1.82) is 0 Å². The van der Waals surface area contributed by atoms with Gasteiger partial charge in [0, 0.05) is 11.6 Å². The highest BCUT2D eigenvalue weighted by Crippen LogP contribution is 2.26. The predicted octanol–water partition coefficient (Wildman–Crippen LogP) is 1.88. The molecule has 1 aromatic heterocycles. The molecule has 6 nitrogen and oxygen atoms in total. The van der Waals surface area contributed by atoms with E-state index in [0.29, 0.717) is 22.8 Å². The second-order valence-electron chi connectivity index (χ2n) is 4.06. The summed E-state index contributed by atoms with van der Waals surface area (Å²) < 4.78 is 10.1. The first-order chi connectivity index (χ1) is 9.51. The molecule has 7 heteroatoms. The summed E-state index contributed by atoms with van der Waals surface area (Å²) in [4.78, 5) is 12.2. The second kappa shape index (κ2) is 5.70.